The molecule has 2 N–H and O–H groups in total. The molecule has 3 heterocycles. The van der Waals surface area contributed by atoms with E-state index in [0.717, 1.165) is 53.7 Å². The van der Waals surface area contributed by atoms with Gasteiger partial charge in [0.15, 0.2) is 0 Å². The number of hydrogen-bond donors (Lipinski definition) is 2. The number of aliphatic hydroxyl groups is 1. The van der Waals surface area contributed by atoms with Crippen molar-refractivity contribution in [3.05, 3.63) is 35.0 Å². The van der Waals surface area contributed by atoms with Crippen molar-refractivity contribution in [2.45, 2.75) is 56.8 Å². The average Bonchev–Trinajstić information content (AvgIpc) is 3.50. The molecule has 8 heteroatoms. The van der Waals surface area contributed by atoms with E-state index in [1.165, 1.54) is 0 Å². The molecule has 0 radical (unpaired) electrons. The smallest absolute Gasteiger partial charge is 0.231 e. The largest absolute Gasteiger partial charge is 0.389 e. The highest BCUT2D eigenvalue weighted by molar-refractivity contribution is 6.32. The van der Waals surface area contributed by atoms with E-state index in [1.54, 1.807) is 6.20 Å². The Balaban J connectivity index is 1.29. The molecule has 3 fully saturated rings. The van der Waals surface area contributed by atoms with Crippen LogP contribution in [0.15, 0.2) is 24.4 Å². The van der Waals surface area contributed by atoms with Crippen LogP contribution >= 0.6 is 11.6 Å². The second-order valence-electron chi connectivity index (χ2n) is 9.77. The van der Waals surface area contributed by atoms with Crippen LogP contribution < -0.4 is 5.32 Å². The Morgan fingerprint density at radius 2 is 2.12 bits per heavy atom. The lowest BCUT2D eigenvalue weighted by Gasteiger charge is -2.43. The lowest BCUT2D eigenvalue weighted by molar-refractivity contribution is -0.118. The van der Waals surface area contributed by atoms with Gasteiger partial charge in [0.25, 0.3) is 0 Å². The van der Waals surface area contributed by atoms with E-state index in [4.69, 9.17) is 21.1 Å². The van der Waals surface area contributed by atoms with Gasteiger partial charge in [0.2, 0.25) is 5.91 Å². The van der Waals surface area contributed by atoms with E-state index in [1.807, 2.05) is 19.1 Å². The maximum absolute atomic E-state index is 12.5. The summed E-state index contributed by atoms with van der Waals surface area (Å²) in [4.78, 5) is 19.2. The third-order valence-corrected chi connectivity index (χ3v) is 7.91. The highest BCUT2D eigenvalue weighted by Gasteiger charge is 2.45. The molecule has 0 spiro atoms. The number of halogens is 1. The second kappa shape index (κ2) is 9.12. The molecule has 2 aliphatic heterocycles. The van der Waals surface area contributed by atoms with Crippen LogP contribution in [-0.4, -0.2) is 71.6 Å². The molecule has 7 nitrogen and oxygen atoms in total. The van der Waals surface area contributed by atoms with Gasteiger partial charge in [-0.15, -0.1) is 0 Å². The summed E-state index contributed by atoms with van der Waals surface area (Å²) in [5.74, 6) is 0.791. The van der Waals surface area contributed by atoms with E-state index in [9.17, 15) is 9.90 Å². The molecule has 2 saturated heterocycles. The average molecular weight is 474 g/mol. The fourth-order valence-electron chi connectivity index (χ4n) is 5.29. The lowest BCUT2D eigenvalue weighted by atomic mass is 9.85. The highest BCUT2D eigenvalue weighted by Crippen LogP contribution is 2.39. The van der Waals surface area contributed by atoms with Gasteiger partial charge in [-0.1, -0.05) is 11.6 Å². The standard InChI is InChI=1S/C25H32ClN3O4/c1-3-33-21-11-19(21)24(31)28-23-10-16-8-18(20(26)9-17(16)12-27-23)15-4-6-29(7-5-15)25(2)14-32-13-22(25)30/h8-10,12,15,19,21-22,30H,3-7,11,13-14H2,1-2H3,(H,27,28,31)/t19?,21?,22-,25+/m1/s1. The summed E-state index contributed by atoms with van der Waals surface area (Å²) in [6.45, 7) is 7.44. The van der Waals surface area contributed by atoms with Gasteiger partial charge in [0, 0.05) is 23.2 Å². The van der Waals surface area contributed by atoms with E-state index in [0.29, 0.717) is 31.6 Å². The number of carbonyl (C=O) groups is 1. The molecule has 0 bridgehead atoms. The number of benzene rings is 1. The summed E-state index contributed by atoms with van der Waals surface area (Å²) in [5, 5.41) is 16.1. The summed E-state index contributed by atoms with van der Waals surface area (Å²) >= 11 is 6.69. The Morgan fingerprint density at radius 3 is 2.82 bits per heavy atom. The minimum absolute atomic E-state index is 0.0332. The molecule has 1 aromatic heterocycles. The first-order valence-corrected chi connectivity index (χ1v) is 12.3. The first-order valence-electron chi connectivity index (χ1n) is 11.9. The number of ether oxygens (including phenoxy) is 2. The lowest BCUT2D eigenvalue weighted by Crippen LogP contribution is -2.56. The van der Waals surface area contributed by atoms with Crippen molar-refractivity contribution < 1.29 is 19.4 Å². The quantitative estimate of drug-likeness (QED) is 0.667. The Hall–Kier alpha value is -1.77. The zero-order valence-electron chi connectivity index (χ0n) is 19.2. The maximum atomic E-state index is 12.5. The first-order chi connectivity index (χ1) is 15.9. The van der Waals surface area contributed by atoms with Gasteiger partial charge in [0.05, 0.1) is 36.9 Å². The molecule has 4 atom stereocenters. The number of pyridine rings is 1. The van der Waals surface area contributed by atoms with Crippen molar-refractivity contribution in [1.29, 1.82) is 0 Å². The van der Waals surface area contributed by atoms with Gasteiger partial charge < -0.3 is 19.9 Å². The molecule has 1 amide bonds. The SMILES string of the molecule is CCOC1CC1C(=O)Nc1cc2cc(C3CCN([C@@]4(C)COC[C@H]4O)CC3)c(Cl)cc2cn1. The second-order valence-corrected chi connectivity index (χ2v) is 10.2. The van der Waals surface area contributed by atoms with Crippen molar-refractivity contribution in [3.8, 4) is 0 Å². The highest BCUT2D eigenvalue weighted by atomic mass is 35.5. The fourth-order valence-corrected chi connectivity index (χ4v) is 5.61. The Labute approximate surface area is 199 Å². The van der Waals surface area contributed by atoms with Crippen molar-refractivity contribution in [2.24, 2.45) is 5.92 Å². The number of likely N-dealkylation sites (tertiary alicyclic amines) is 1. The summed E-state index contributed by atoms with van der Waals surface area (Å²) < 4.78 is 11.0. The number of fused-ring (bicyclic) bond motifs is 1. The number of nitrogens with zero attached hydrogens (tertiary/aromatic N) is 2. The number of rotatable bonds is 6. The topological polar surface area (TPSA) is 83.9 Å². The Morgan fingerprint density at radius 1 is 1.33 bits per heavy atom. The van der Waals surface area contributed by atoms with Crippen molar-refractivity contribution in [2.75, 3.05) is 38.2 Å². The van der Waals surface area contributed by atoms with Crippen molar-refractivity contribution >= 4 is 34.1 Å². The Bertz CT molecular complexity index is 1040. The molecule has 1 aromatic carbocycles. The van der Waals surface area contributed by atoms with Gasteiger partial charge in [-0.3, -0.25) is 9.69 Å². The van der Waals surface area contributed by atoms with Crippen LogP contribution in [-0.2, 0) is 14.3 Å². The van der Waals surface area contributed by atoms with E-state index in [-0.39, 0.29) is 23.5 Å². The predicted molar refractivity (Wildman–Crippen MR) is 128 cm³/mol. The number of anilines is 1. The zero-order valence-corrected chi connectivity index (χ0v) is 20.0. The minimum Gasteiger partial charge on any atom is -0.389 e. The van der Waals surface area contributed by atoms with Crippen molar-refractivity contribution in [3.63, 3.8) is 0 Å². The Kier molecular flexibility index (Phi) is 6.35. The van der Waals surface area contributed by atoms with Crippen LogP contribution in [0.2, 0.25) is 5.02 Å². The fraction of sp³-hybridized carbons (Fsp3) is 0.600. The molecule has 2 aromatic rings. The van der Waals surface area contributed by atoms with Gasteiger partial charge in [-0.25, -0.2) is 4.98 Å². The van der Waals surface area contributed by atoms with E-state index >= 15 is 0 Å². The van der Waals surface area contributed by atoms with Crippen LogP contribution in [0, 0.1) is 5.92 Å². The van der Waals surface area contributed by atoms with Gasteiger partial charge >= 0.3 is 0 Å². The molecule has 1 saturated carbocycles. The van der Waals surface area contributed by atoms with Crippen LogP contribution in [0.25, 0.3) is 10.8 Å². The number of hydrogen-bond acceptors (Lipinski definition) is 6. The molecule has 178 valence electrons. The van der Waals surface area contributed by atoms with Gasteiger partial charge in [-0.2, -0.15) is 0 Å². The van der Waals surface area contributed by atoms with Crippen LogP contribution in [0.1, 0.15) is 44.6 Å². The first kappa shape index (κ1) is 23.0. The molecule has 33 heavy (non-hydrogen) atoms. The number of carbonyl (C=O) groups excluding carboxylic acids is 1. The zero-order chi connectivity index (χ0) is 23.2. The normalized spacial score (nSPS) is 30.6. The third-order valence-electron chi connectivity index (χ3n) is 7.58. The number of nitrogens with one attached hydrogen (secondary N) is 1. The molecular formula is C25H32ClN3O4. The summed E-state index contributed by atoms with van der Waals surface area (Å²) in [6, 6.07) is 6.04. The summed E-state index contributed by atoms with van der Waals surface area (Å²) in [7, 11) is 0. The minimum atomic E-state index is -0.445. The van der Waals surface area contributed by atoms with Crippen LogP contribution in [0.4, 0.5) is 5.82 Å². The van der Waals surface area contributed by atoms with Crippen LogP contribution in [0.5, 0.6) is 0 Å². The van der Waals surface area contributed by atoms with E-state index in [2.05, 4.69) is 28.2 Å². The predicted octanol–water partition coefficient (Wildman–Crippen LogP) is 3.58. The maximum Gasteiger partial charge on any atom is 0.231 e. The molecular weight excluding hydrogens is 442 g/mol. The number of aromatic nitrogens is 1. The molecule has 2 unspecified atom stereocenters. The monoisotopic (exact) mass is 473 g/mol. The third kappa shape index (κ3) is 4.49. The molecule has 5 rings (SSSR count). The number of amides is 1. The van der Waals surface area contributed by atoms with Gasteiger partial charge in [0.1, 0.15) is 5.82 Å². The van der Waals surface area contributed by atoms with Crippen LogP contribution in [0.3, 0.4) is 0 Å². The van der Waals surface area contributed by atoms with Gasteiger partial charge in [-0.05, 0) is 81.3 Å². The van der Waals surface area contributed by atoms with Crippen molar-refractivity contribution in [1.82, 2.24) is 9.88 Å². The van der Waals surface area contributed by atoms with E-state index < -0.39 is 6.10 Å². The molecule has 3 aliphatic rings. The molecule has 1 aliphatic carbocycles. The number of aliphatic hydroxyl groups excluding tert-OH is 1. The summed E-state index contributed by atoms with van der Waals surface area (Å²) in [5.41, 5.74) is 0.832. The summed E-state index contributed by atoms with van der Waals surface area (Å²) in [6.07, 6.45) is 4.07. The number of piperidine rings is 1.